The first-order chi connectivity index (χ1) is 8.22. The lowest BCUT2D eigenvalue weighted by atomic mass is 10.2. The van der Waals surface area contributed by atoms with E-state index in [2.05, 4.69) is 6.07 Å². The monoisotopic (exact) mass is 253 g/mol. The predicted molar refractivity (Wildman–Crippen MR) is 67.7 cm³/mol. The van der Waals surface area contributed by atoms with Gasteiger partial charge in [-0.3, -0.25) is 0 Å². The molecule has 4 heteroatoms. The summed E-state index contributed by atoms with van der Waals surface area (Å²) in [5.41, 5.74) is 0.437. The average molecular weight is 254 g/mol. The maximum Gasteiger partial charge on any atom is 0.141 e. The van der Waals surface area contributed by atoms with Crippen molar-refractivity contribution in [2.75, 3.05) is 13.2 Å². The zero-order valence-corrected chi connectivity index (χ0v) is 10.9. The van der Waals surface area contributed by atoms with E-state index in [9.17, 15) is 0 Å². The highest BCUT2D eigenvalue weighted by molar-refractivity contribution is 6.32. The minimum absolute atomic E-state index is 0.437. The molecule has 1 aromatic rings. The normalized spacial score (nSPS) is 9.76. The fraction of sp³-hybridized carbons (Fsp3) is 0.462. The highest BCUT2D eigenvalue weighted by atomic mass is 35.5. The van der Waals surface area contributed by atoms with E-state index in [4.69, 9.17) is 26.3 Å². The number of rotatable bonds is 6. The molecule has 1 rings (SSSR count). The molecule has 0 amide bonds. The molecule has 3 nitrogen and oxygen atoms in total. The molecule has 0 aromatic heterocycles. The largest absolute Gasteiger partial charge is 0.492 e. The molecule has 0 N–H and O–H groups in total. The zero-order chi connectivity index (χ0) is 12.7. The van der Waals surface area contributed by atoms with Crippen LogP contribution in [0.2, 0.25) is 5.02 Å². The predicted octanol–water partition coefficient (Wildman–Crippen LogP) is 3.79. The summed E-state index contributed by atoms with van der Waals surface area (Å²) in [6, 6.07) is 5.33. The van der Waals surface area contributed by atoms with Crippen molar-refractivity contribution >= 4 is 11.6 Å². The van der Waals surface area contributed by atoms with Gasteiger partial charge in [0, 0.05) is 6.07 Å². The molecule has 17 heavy (non-hydrogen) atoms. The Morgan fingerprint density at radius 2 is 1.71 bits per heavy atom. The summed E-state index contributed by atoms with van der Waals surface area (Å²) in [6.45, 7) is 5.20. The Labute approximate surface area is 107 Å². The van der Waals surface area contributed by atoms with Gasteiger partial charge < -0.3 is 9.47 Å². The van der Waals surface area contributed by atoms with Gasteiger partial charge in [-0.25, -0.2) is 0 Å². The van der Waals surface area contributed by atoms with Gasteiger partial charge in [0.1, 0.15) is 17.6 Å². The van der Waals surface area contributed by atoms with Gasteiger partial charge in [-0.05, 0) is 18.9 Å². The molecule has 0 bridgehead atoms. The second-order valence-electron chi connectivity index (χ2n) is 3.59. The summed E-state index contributed by atoms with van der Waals surface area (Å²) in [5, 5.41) is 9.42. The number of hydrogen-bond acceptors (Lipinski definition) is 3. The van der Waals surface area contributed by atoms with Crippen LogP contribution in [0.5, 0.6) is 11.5 Å². The van der Waals surface area contributed by atoms with Crippen molar-refractivity contribution in [3.8, 4) is 17.6 Å². The van der Waals surface area contributed by atoms with Gasteiger partial charge in [0.25, 0.3) is 0 Å². The molecule has 0 unspecified atom stereocenters. The van der Waals surface area contributed by atoms with Gasteiger partial charge >= 0.3 is 0 Å². The Bertz CT molecular complexity index is 413. The van der Waals surface area contributed by atoms with E-state index in [1.165, 1.54) is 0 Å². The van der Waals surface area contributed by atoms with Crippen LogP contribution in [0.1, 0.15) is 32.3 Å². The Hall–Kier alpha value is -1.40. The maximum absolute atomic E-state index is 8.98. The standard InChI is InChI=1S/C13H16ClNO2/c1-3-5-16-12-8-13(17-6-4-2)11(14)7-10(12)9-15/h7-8H,3-6H2,1-2H3. The molecule has 0 aliphatic heterocycles. The van der Waals surface area contributed by atoms with E-state index in [0.717, 1.165) is 12.8 Å². The van der Waals surface area contributed by atoms with E-state index >= 15 is 0 Å². The third-order valence-corrected chi connectivity index (χ3v) is 2.37. The van der Waals surface area contributed by atoms with Crippen molar-refractivity contribution in [2.45, 2.75) is 26.7 Å². The lowest BCUT2D eigenvalue weighted by molar-refractivity contribution is 0.301. The van der Waals surface area contributed by atoms with Crippen LogP contribution in [0.3, 0.4) is 0 Å². The molecule has 0 atom stereocenters. The number of ether oxygens (including phenoxy) is 2. The molecule has 0 heterocycles. The van der Waals surface area contributed by atoms with Crippen LogP contribution in [0, 0.1) is 11.3 Å². The van der Waals surface area contributed by atoms with Crippen LogP contribution in [0.15, 0.2) is 12.1 Å². The summed E-state index contributed by atoms with van der Waals surface area (Å²) >= 11 is 6.02. The molecular formula is C13H16ClNO2. The van der Waals surface area contributed by atoms with E-state index in [-0.39, 0.29) is 0 Å². The lowest BCUT2D eigenvalue weighted by Gasteiger charge is -2.11. The molecule has 0 fully saturated rings. The van der Waals surface area contributed by atoms with Crippen LogP contribution in [-0.2, 0) is 0 Å². The van der Waals surface area contributed by atoms with Gasteiger partial charge in [0.15, 0.2) is 0 Å². The zero-order valence-electron chi connectivity index (χ0n) is 10.1. The van der Waals surface area contributed by atoms with Gasteiger partial charge in [-0.1, -0.05) is 25.4 Å². The number of hydrogen-bond donors (Lipinski definition) is 0. The van der Waals surface area contributed by atoms with Crippen LogP contribution >= 0.6 is 11.6 Å². The van der Waals surface area contributed by atoms with Crippen molar-refractivity contribution in [3.63, 3.8) is 0 Å². The summed E-state index contributed by atoms with van der Waals surface area (Å²) in [7, 11) is 0. The van der Waals surface area contributed by atoms with E-state index < -0.39 is 0 Å². The number of nitrogens with zero attached hydrogens (tertiary/aromatic N) is 1. The SMILES string of the molecule is CCCOc1cc(OCCC)c(C#N)cc1Cl. The first kappa shape index (κ1) is 13.7. The molecule has 0 saturated carbocycles. The molecule has 0 spiro atoms. The fourth-order valence-corrected chi connectivity index (χ4v) is 1.49. The van der Waals surface area contributed by atoms with Crippen molar-refractivity contribution in [2.24, 2.45) is 0 Å². The van der Waals surface area contributed by atoms with Crippen LogP contribution in [-0.4, -0.2) is 13.2 Å². The molecule has 0 aliphatic rings. The highest BCUT2D eigenvalue weighted by Crippen LogP contribution is 2.32. The third-order valence-electron chi connectivity index (χ3n) is 2.08. The van der Waals surface area contributed by atoms with E-state index in [1.54, 1.807) is 12.1 Å². The van der Waals surface area contributed by atoms with Gasteiger partial charge in [-0.2, -0.15) is 5.26 Å². The Morgan fingerprint density at radius 1 is 1.12 bits per heavy atom. The van der Waals surface area contributed by atoms with E-state index in [0.29, 0.717) is 35.3 Å². The second-order valence-corrected chi connectivity index (χ2v) is 3.99. The Morgan fingerprint density at radius 3 is 2.24 bits per heavy atom. The first-order valence-electron chi connectivity index (χ1n) is 5.72. The minimum Gasteiger partial charge on any atom is -0.492 e. The highest BCUT2D eigenvalue weighted by Gasteiger charge is 2.10. The van der Waals surface area contributed by atoms with Gasteiger partial charge in [0.05, 0.1) is 23.8 Å². The minimum atomic E-state index is 0.437. The van der Waals surface area contributed by atoms with Gasteiger partial charge in [0.2, 0.25) is 0 Å². The average Bonchev–Trinajstić information content (AvgIpc) is 2.35. The Kier molecular flexibility index (Phi) is 5.65. The van der Waals surface area contributed by atoms with Crippen molar-refractivity contribution in [1.82, 2.24) is 0 Å². The quantitative estimate of drug-likeness (QED) is 0.775. The molecule has 92 valence electrons. The molecule has 0 saturated heterocycles. The fourth-order valence-electron chi connectivity index (χ4n) is 1.28. The van der Waals surface area contributed by atoms with Gasteiger partial charge in [-0.15, -0.1) is 0 Å². The summed E-state index contributed by atoms with van der Waals surface area (Å²) in [4.78, 5) is 0. The molecule has 0 radical (unpaired) electrons. The second kappa shape index (κ2) is 7.03. The van der Waals surface area contributed by atoms with E-state index in [1.807, 2.05) is 13.8 Å². The maximum atomic E-state index is 8.98. The first-order valence-corrected chi connectivity index (χ1v) is 6.10. The van der Waals surface area contributed by atoms with Crippen molar-refractivity contribution in [3.05, 3.63) is 22.7 Å². The van der Waals surface area contributed by atoms with Crippen LogP contribution in [0.4, 0.5) is 0 Å². The number of halogens is 1. The third kappa shape index (κ3) is 3.83. The van der Waals surface area contributed by atoms with Crippen molar-refractivity contribution in [1.29, 1.82) is 5.26 Å². The number of benzene rings is 1. The molecule has 0 aliphatic carbocycles. The smallest absolute Gasteiger partial charge is 0.141 e. The summed E-state index contributed by atoms with van der Waals surface area (Å²) < 4.78 is 11.0. The molecule has 1 aromatic carbocycles. The summed E-state index contributed by atoms with van der Waals surface area (Å²) in [5.74, 6) is 1.10. The lowest BCUT2D eigenvalue weighted by Crippen LogP contribution is -2.00. The summed E-state index contributed by atoms with van der Waals surface area (Å²) in [6.07, 6.45) is 1.79. The van der Waals surface area contributed by atoms with Crippen molar-refractivity contribution < 1.29 is 9.47 Å². The topological polar surface area (TPSA) is 42.2 Å². The van der Waals surface area contributed by atoms with Crippen LogP contribution < -0.4 is 9.47 Å². The molecular weight excluding hydrogens is 238 g/mol. The Balaban J connectivity index is 2.96. The van der Waals surface area contributed by atoms with Crippen LogP contribution in [0.25, 0.3) is 0 Å². The number of nitriles is 1.